The highest BCUT2D eigenvalue weighted by atomic mass is 35.5. The van der Waals surface area contributed by atoms with Crippen molar-refractivity contribution in [3.05, 3.63) is 98.0 Å². The Balaban J connectivity index is 1.25. The number of ether oxygens (including phenoxy) is 3. The molecule has 2 aliphatic heterocycles. The van der Waals surface area contributed by atoms with Gasteiger partial charge in [0.05, 0.1) is 31.5 Å². The van der Waals surface area contributed by atoms with E-state index in [-0.39, 0.29) is 17.0 Å². The molecular weight excluding hydrogens is 675 g/mol. The summed E-state index contributed by atoms with van der Waals surface area (Å²) < 4.78 is 34.7. The van der Waals surface area contributed by atoms with Crippen molar-refractivity contribution in [2.75, 3.05) is 51.8 Å². The van der Waals surface area contributed by atoms with E-state index in [4.69, 9.17) is 25.8 Å². The maximum Gasteiger partial charge on any atom is 0.410 e. The van der Waals surface area contributed by atoms with Crippen LogP contribution in [0.25, 0.3) is 10.9 Å². The molecule has 7 rings (SSSR count). The molecule has 1 aromatic heterocycles. The largest absolute Gasteiger partial charge is 0.493 e. The van der Waals surface area contributed by atoms with Gasteiger partial charge in [-0.05, 0) is 93.1 Å². The summed E-state index contributed by atoms with van der Waals surface area (Å²) in [4.78, 5) is 46.8. The van der Waals surface area contributed by atoms with Crippen molar-refractivity contribution < 1.29 is 28.2 Å². The quantitative estimate of drug-likeness (QED) is 0.212. The van der Waals surface area contributed by atoms with Crippen LogP contribution in [-0.2, 0) is 11.2 Å². The Kier molecular flexibility index (Phi) is 9.12. The molecule has 0 N–H and O–H groups in total. The smallest absolute Gasteiger partial charge is 0.410 e. The molecule has 1 aliphatic carbocycles. The number of aromatic nitrogens is 1. The van der Waals surface area contributed by atoms with E-state index < -0.39 is 34.9 Å². The number of piperazine rings is 1. The minimum absolute atomic E-state index is 0.00425. The molecule has 268 valence electrons. The normalized spacial score (nSPS) is 17.7. The van der Waals surface area contributed by atoms with E-state index in [0.717, 1.165) is 29.5 Å². The second kappa shape index (κ2) is 13.4. The minimum Gasteiger partial charge on any atom is -0.493 e. The van der Waals surface area contributed by atoms with Gasteiger partial charge in [0, 0.05) is 55.4 Å². The molecule has 2 amide bonds. The second-order valence-electron chi connectivity index (χ2n) is 14.4. The number of methoxy groups -OCH3 is 2. The molecule has 0 bridgehead atoms. The topological polar surface area (TPSA) is 93.6 Å². The first-order valence-corrected chi connectivity index (χ1v) is 17.7. The van der Waals surface area contributed by atoms with Gasteiger partial charge in [-0.2, -0.15) is 0 Å². The predicted octanol–water partition coefficient (Wildman–Crippen LogP) is 6.99. The van der Waals surface area contributed by atoms with Crippen molar-refractivity contribution >= 4 is 40.2 Å². The van der Waals surface area contributed by atoms with Crippen LogP contribution in [0.2, 0.25) is 5.02 Å². The van der Waals surface area contributed by atoms with Gasteiger partial charge in [0.25, 0.3) is 5.91 Å². The first kappa shape index (κ1) is 34.7. The fourth-order valence-corrected chi connectivity index (χ4v) is 7.31. The third kappa shape index (κ3) is 6.71. The van der Waals surface area contributed by atoms with Crippen LogP contribution in [-0.4, -0.2) is 78.9 Å². The maximum atomic E-state index is 16.0. The van der Waals surface area contributed by atoms with Gasteiger partial charge in [-0.3, -0.25) is 9.59 Å². The first-order chi connectivity index (χ1) is 24.4. The van der Waals surface area contributed by atoms with E-state index >= 15 is 4.39 Å². The van der Waals surface area contributed by atoms with Crippen LogP contribution in [0.4, 0.5) is 14.9 Å². The number of rotatable bonds is 6. The number of benzene rings is 3. The van der Waals surface area contributed by atoms with Gasteiger partial charge >= 0.3 is 6.09 Å². The number of carbonyl (C=O) groups excluding carboxylic acids is 2. The zero-order chi connectivity index (χ0) is 36.2. The molecule has 1 unspecified atom stereocenters. The lowest BCUT2D eigenvalue weighted by Crippen LogP contribution is -2.50. The zero-order valence-electron chi connectivity index (χ0n) is 29.5. The molecule has 0 radical (unpaired) electrons. The molecule has 1 saturated heterocycles. The molecule has 0 spiro atoms. The summed E-state index contributed by atoms with van der Waals surface area (Å²) in [5, 5.41) is 0.724. The van der Waals surface area contributed by atoms with Gasteiger partial charge in [0.1, 0.15) is 17.0 Å². The maximum absolute atomic E-state index is 16.0. The summed E-state index contributed by atoms with van der Waals surface area (Å²) in [6.45, 7) is 7.38. The zero-order valence-corrected chi connectivity index (χ0v) is 30.3. The number of pyridine rings is 1. The number of halogens is 2. The number of hydrogen-bond acceptors (Lipinski definition) is 7. The van der Waals surface area contributed by atoms with Crippen molar-refractivity contribution in [1.82, 2.24) is 14.4 Å². The van der Waals surface area contributed by atoms with E-state index in [1.54, 1.807) is 48.4 Å². The summed E-state index contributed by atoms with van der Waals surface area (Å²) in [6, 6.07) is 13.7. The van der Waals surface area contributed by atoms with Gasteiger partial charge in [-0.1, -0.05) is 23.7 Å². The van der Waals surface area contributed by atoms with Crippen LogP contribution < -0.4 is 19.8 Å². The molecule has 1 atom stereocenters. The minimum atomic E-state index is -0.609. The van der Waals surface area contributed by atoms with Crippen molar-refractivity contribution in [3.8, 4) is 11.5 Å². The molecule has 3 aliphatic rings. The lowest BCUT2D eigenvalue weighted by Gasteiger charge is -2.38. The van der Waals surface area contributed by atoms with Crippen molar-refractivity contribution in [2.24, 2.45) is 0 Å². The molecule has 4 aromatic rings. The molecular formula is C39H42ClFN4O6. The summed E-state index contributed by atoms with van der Waals surface area (Å²) in [5.74, 6) is 0.145. The average molecular weight is 717 g/mol. The highest BCUT2D eigenvalue weighted by Gasteiger charge is 2.37. The van der Waals surface area contributed by atoms with Crippen LogP contribution in [0.3, 0.4) is 0 Å². The molecule has 12 heteroatoms. The fraction of sp³-hybridized carbons (Fsp3) is 0.410. The Labute approximate surface area is 301 Å². The second-order valence-corrected chi connectivity index (χ2v) is 14.8. The van der Waals surface area contributed by atoms with Crippen LogP contribution in [0.15, 0.2) is 59.5 Å². The molecule has 3 aromatic carbocycles. The number of carbonyl (C=O) groups is 2. The van der Waals surface area contributed by atoms with E-state index in [1.807, 2.05) is 54.5 Å². The Morgan fingerprint density at radius 3 is 2.20 bits per heavy atom. The lowest BCUT2D eigenvalue weighted by atomic mass is 9.87. The number of amides is 2. The van der Waals surface area contributed by atoms with Crippen LogP contribution in [0.5, 0.6) is 11.5 Å². The lowest BCUT2D eigenvalue weighted by molar-refractivity contribution is 0.0240. The van der Waals surface area contributed by atoms with Gasteiger partial charge in [0.2, 0.25) is 5.43 Å². The molecule has 51 heavy (non-hydrogen) atoms. The van der Waals surface area contributed by atoms with Crippen molar-refractivity contribution in [3.63, 3.8) is 0 Å². The van der Waals surface area contributed by atoms with Gasteiger partial charge < -0.3 is 33.5 Å². The number of fused-ring (bicyclic) bond motifs is 2. The Morgan fingerprint density at radius 2 is 1.57 bits per heavy atom. The molecule has 10 nitrogen and oxygen atoms in total. The van der Waals surface area contributed by atoms with Crippen LogP contribution in [0, 0.1) is 5.82 Å². The number of hydrogen-bond donors (Lipinski definition) is 0. The van der Waals surface area contributed by atoms with Crippen LogP contribution in [0.1, 0.15) is 72.7 Å². The third-order valence-electron chi connectivity index (χ3n) is 9.86. The molecule has 2 fully saturated rings. The Bertz CT molecular complexity index is 2070. The first-order valence-electron chi connectivity index (χ1n) is 17.3. The number of nitrogens with zero attached hydrogens (tertiary/aromatic N) is 4. The predicted molar refractivity (Wildman–Crippen MR) is 194 cm³/mol. The van der Waals surface area contributed by atoms with Gasteiger partial charge in [-0.25, -0.2) is 9.18 Å². The third-order valence-corrected chi connectivity index (χ3v) is 10.1. The van der Waals surface area contributed by atoms with Crippen molar-refractivity contribution in [1.29, 1.82) is 0 Å². The van der Waals surface area contributed by atoms with E-state index in [2.05, 4.69) is 0 Å². The summed E-state index contributed by atoms with van der Waals surface area (Å²) in [5.41, 5.74) is 2.51. The molecule has 3 heterocycles. The van der Waals surface area contributed by atoms with E-state index in [9.17, 15) is 14.4 Å². The summed E-state index contributed by atoms with van der Waals surface area (Å²) in [6.07, 6.45) is 3.58. The number of anilines is 1. The van der Waals surface area contributed by atoms with Crippen LogP contribution >= 0.6 is 11.6 Å². The Hall–Kier alpha value is -4.77. The standard InChI is InChI=1S/C39H42ClFN4O6/c1-39(2,3)51-38(48)43-16-14-42(15-17-43)32-21-31-28(19-30(32)41)36(46)29(22-45(31)26-10-11-26)37(47)44-13-12-24-18-33(49-4)34(50-5)20-27(24)35(44)23-6-8-25(40)9-7-23/h6-9,18-22,26,35H,10-17H2,1-5H3. The highest BCUT2D eigenvalue weighted by molar-refractivity contribution is 6.30. The van der Waals surface area contributed by atoms with E-state index in [0.29, 0.717) is 66.9 Å². The highest BCUT2D eigenvalue weighted by Crippen LogP contribution is 2.43. The van der Waals surface area contributed by atoms with Gasteiger partial charge in [-0.15, -0.1) is 0 Å². The monoisotopic (exact) mass is 716 g/mol. The average Bonchev–Trinajstić information content (AvgIpc) is 3.96. The summed E-state index contributed by atoms with van der Waals surface area (Å²) in [7, 11) is 3.15. The Morgan fingerprint density at radius 1 is 0.902 bits per heavy atom. The fourth-order valence-electron chi connectivity index (χ4n) is 7.19. The summed E-state index contributed by atoms with van der Waals surface area (Å²) >= 11 is 6.26. The van der Waals surface area contributed by atoms with E-state index in [1.165, 1.54) is 6.07 Å². The molecule has 1 saturated carbocycles. The van der Waals surface area contributed by atoms with Gasteiger partial charge in [0.15, 0.2) is 11.5 Å². The SMILES string of the molecule is COc1cc2c(cc1OC)C(c1ccc(Cl)cc1)N(C(=O)c1cn(C3CC3)c3cc(N4CCN(C(=O)OC(C)(C)C)CC4)c(F)cc3c1=O)CC2. The van der Waals surface area contributed by atoms with Crippen molar-refractivity contribution in [2.45, 2.75) is 57.7 Å².